The second-order valence-electron chi connectivity index (χ2n) is 6.44. The second kappa shape index (κ2) is 6.07. The summed E-state index contributed by atoms with van der Waals surface area (Å²) in [6.07, 6.45) is 6.36. The third-order valence-electron chi connectivity index (χ3n) is 4.91. The second-order valence-corrected chi connectivity index (χ2v) is 6.85. The Kier molecular flexibility index (Phi) is 3.66. The summed E-state index contributed by atoms with van der Waals surface area (Å²) >= 11 is 5.79. The quantitative estimate of drug-likeness (QED) is 0.575. The maximum atomic E-state index is 13.9. The summed E-state index contributed by atoms with van der Waals surface area (Å²) in [4.78, 5) is 5.99. The molecule has 5 rings (SSSR count). The third kappa shape index (κ3) is 2.58. The number of nitrogens with zero attached hydrogens (tertiary/aromatic N) is 5. The summed E-state index contributed by atoms with van der Waals surface area (Å²) in [6, 6.07) is 8.42. The van der Waals surface area contributed by atoms with Crippen molar-refractivity contribution in [3.8, 4) is 11.1 Å². The molecule has 1 aliphatic rings. The number of pyridine rings is 1. The zero-order valence-electron chi connectivity index (χ0n) is 14.1. The first kappa shape index (κ1) is 16.3. The molecule has 0 spiro atoms. The maximum absolute atomic E-state index is 13.9. The zero-order chi connectivity index (χ0) is 18.5. The molecule has 1 aliphatic heterocycles. The van der Waals surface area contributed by atoms with Crippen LogP contribution >= 0.6 is 11.6 Å². The minimum Gasteiger partial charge on any atom is -0.368 e. The van der Waals surface area contributed by atoms with Crippen LogP contribution in [0.1, 0.15) is 11.9 Å². The van der Waals surface area contributed by atoms with Crippen LogP contribution in [0.25, 0.3) is 16.8 Å². The number of rotatable bonds is 2. The highest BCUT2D eigenvalue weighted by atomic mass is 35.5. The van der Waals surface area contributed by atoms with Crippen LogP contribution < -0.4 is 4.90 Å². The molecule has 4 aromatic rings. The van der Waals surface area contributed by atoms with Gasteiger partial charge in [-0.1, -0.05) is 11.6 Å². The number of aliphatic hydroxyl groups excluding tert-OH is 1. The summed E-state index contributed by atoms with van der Waals surface area (Å²) < 4.78 is 17.6. The van der Waals surface area contributed by atoms with Crippen molar-refractivity contribution in [3.05, 3.63) is 71.7 Å². The molecular weight excluding hydrogens is 369 g/mol. The van der Waals surface area contributed by atoms with E-state index in [9.17, 15) is 9.50 Å². The number of aromatic nitrogens is 4. The normalized spacial score (nSPS) is 16.7. The molecule has 1 N–H and O–H groups in total. The number of benzene rings is 1. The fourth-order valence-corrected chi connectivity index (χ4v) is 3.67. The number of imidazole rings is 1. The number of aliphatic hydroxyl groups is 1. The van der Waals surface area contributed by atoms with Gasteiger partial charge in [-0.05, 0) is 30.3 Å². The van der Waals surface area contributed by atoms with E-state index in [0.717, 1.165) is 16.8 Å². The lowest BCUT2D eigenvalue weighted by molar-refractivity contribution is 0.146. The van der Waals surface area contributed by atoms with Gasteiger partial charge in [0.25, 0.3) is 0 Å². The van der Waals surface area contributed by atoms with Crippen LogP contribution in [0.3, 0.4) is 0 Å². The van der Waals surface area contributed by atoms with Crippen molar-refractivity contribution < 1.29 is 9.50 Å². The van der Waals surface area contributed by atoms with E-state index in [1.807, 2.05) is 28.9 Å². The van der Waals surface area contributed by atoms with Gasteiger partial charge in [0, 0.05) is 41.9 Å². The SMILES string of the molecule is OC1c2c(-c3ccc4nccn4c3)cnn2CCN1c1ccc(Cl)c(F)c1. The van der Waals surface area contributed by atoms with E-state index in [0.29, 0.717) is 24.5 Å². The van der Waals surface area contributed by atoms with Gasteiger partial charge in [-0.2, -0.15) is 5.10 Å². The minimum absolute atomic E-state index is 0.0598. The number of hydrogen-bond donors (Lipinski definition) is 1. The topological polar surface area (TPSA) is 58.6 Å². The van der Waals surface area contributed by atoms with E-state index in [1.54, 1.807) is 28.0 Å². The molecule has 0 radical (unpaired) electrons. The van der Waals surface area contributed by atoms with Crippen LogP contribution in [0.4, 0.5) is 10.1 Å². The van der Waals surface area contributed by atoms with E-state index >= 15 is 0 Å². The minimum atomic E-state index is -0.949. The maximum Gasteiger partial charge on any atom is 0.170 e. The van der Waals surface area contributed by atoms with Crippen LogP contribution in [-0.4, -0.2) is 30.8 Å². The Bertz CT molecular complexity index is 1150. The van der Waals surface area contributed by atoms with Gasteiger partial charge in [0.2, 0.25) is 0 Å². The molecule has 0 bridgehead atoms. The first-order valence-corrected chi connectivity index (χ1v) is 8.88. The molecule has 1 unspecified atom stereocenters. The Hall–Kier alpha value is -2.90. The van der Waals surface area contributed by atoms with Gasteiger partial charge in [-0.15, -0.1) is 0 Å². The average Bonchev–Trinajstić information content (AvgIpc) is 3.30. The predicted molar refractivity (Wildman–Crippen MR) is 100 cm³/mol. The molecule has 1 atom stereocenters. The van der Waals surface area contributed by atoms with Crippen molar-refractivity contribution in [2.45, 2.75) is 12.8 Å². The molecule has 4 heterocycles. The Morgan fingerprint density at radius 1 is 1.19 bits per heavy atom. The first-order valence-electron chi connectivity index (χ1n) is 8.50. The standard InChI is InChI=1S/C19H15ClFN5O/c20-15-3-2-13(9-16(15)21)25-7-8-26-18(19(25)27)14(10-23-26)12-1-4-17-22-5-6-24(17)11-12/h1-6,9-11,19,27H,7-8H2. The van der Waals surface area contributed by atoms with Gasteiger partial charge >= 0.3 is 0 Å². The molecule has 0 fully saturated rings. The van der Waals surface area contributed by atoms with E-state index in [4.69, 9.17) is 11.6 Å². The van der Waals surface area contributed by atoms with Crippen molar-refractivity contribution in [3.63, 3.8) is 0 Å². The molecule has 6 nitrogen and oxygen atoms in total. The average molecular weight is 384 g/mol. The molecule has 0 aliphatic carbocycles. The molecule has 0 saturated heterocycles. The summed E-state index contributed by atoms with van der Waals surface area (Å²) in [7, 11) is 0. The summed E-state index contributed by atoms with van der Waals surface area (Å²) in [6.45, 7) is 1.10. The molecule has 3 aromatic heterocycles. The van der Waals surface area contributed by atoms with E-state index in [2.05, 4.69) is 10.1 Å². The lowest BCUT2D eigenvalue weighted by Gasteiger charge is -2.35. The van der Waals surface area contributed by atoms with Crippen LogP contribution in [0.2, 0.25) is 5.02 Å². The molecule has 0 amide bonds. The van der Waals surface area contributed by atoms with Gasteiger partial charge in [-0.25, -0.2) is 9.37 Å². The van der Waals surface area contributed by atoms with Crippen molar-refractivity contribution in [1.29, 1.82) is 0 Å². The Morgan fingerprint density at radius 3 is 2.93 bits per heavy atom. The third-order valence-corrected chi connectivity index (χ3v) is 5.21. The highest BCUT2D eigenvalue weighted by Gasteiger charge is 2.30. The van der Waals surface area contributed by atoms with Crippen LogP contribution in [0, 0.1) is 5.82 Å². The number of fused-ring (bicyclic) bond motifs is 2. The lowest BCUT2D eigenvalue weighted by atomic mass is 10.1. The zero-order valence-corrected chi connectivity index (χ0v) is 14.9. The fraction of sp³-hybridized carbons (Fsp3) is 0.158. The molecule has 0 saturated carbocycles. The number of halogens is 2. The van der Waals surface area contributed by atoms with Crippen LogP contribution in [-0.2, 0) is 6.54 Å². The van der Waals surface area contributed by atoms with Crippen molar-refractivity contribution in [2.75, 3.05) is 11.4 Å². The summed E-state index contributed by atoms with van der Waals surface area (Å²) in [5.74, 6) is -0.508. The van der Waals surface area contributed by atoms with Crippen molar-refractivity contribution in [1.82, 2.24) is 19.2 Å². The number of anilines is 1. The predicted octanol–water partition coefficient (Wildman–Crippen LogP) is 3.50. The highest BCUT2D eigenvalue weighted by molar-refractivity contribution is 6.30. The van der Waals surface area contributed by atoms with E-state index < -0.39 is 12.0 Å². The molecule has 27 heavy (non-hydrogen) atoms. The Labute approximate surface area is 159 Å². The van der Waals surface area contributed by atoms with Crippen molar-refractivity contribution >= 4 is 22.9 Å². The molecule has 136 valence electrons. The highest BCUT2D eigenvalue weighted by Crippen LogP contribution is 2.36. The van der Waals surface area contributed by atoms with E-state index in [1.165, 1.54) is 12.1 Å². The first-order chi connectivity index (χ1) is 13.1. The molecular formula is C19H15ClFN5O. The van der Waals surface area contributed by atoms with Crippen LogP contribution in [0.5, 0.6) is 0 Å². The molecule has 1 aromatic carbocycles. The lowest BCUT2D eigenvalue weighted by Crippen LogP contribution is -2.38. The molecule has 8 heteroatoms. The van der Waals surface area contributed by atoms with Gasteiger partial charge in [0.15, 0.2) is 6.23 Å². The van der Waals surface area contributed by atoms with Crippen molar-refractivity contribution in [2.24, 2.45) is 0 Å². The summed E-state index contributed by atoms with van der Waals surface area (Å²) in [5, 5.41) is 15.5. The fourth-order valence-electron chi connectivity index (χ4n) is 3.55. The van der Waals surface area contributed by atoms with E-state index in [-0.39, 0.29) is 5.02 Å². The van der Waals surface area contributed by atoms with Gasteiger partial charge in [0.1, 0.15) is 11.5 Å². The monoisotopic (exact) mass is 383 g/mol. The van der Waals surface area contributed by atoms with Gasteiger partial charge in [0.05, 0.1) is 23.5 Å². The van der Waals surface area contributed by atoms with Gasteiger partial charge in [-0.3, -0.25) is 4.68 Å². The van der Waals surface area contributed by atoms with Gasteiger partial charge < -0.3 is 14.4 Å². The Balaban J connectivity index is 1.57. The number of hydrogen-bond acceptors (Lipinski definition) is 4. The Morgan fingerprint density at radius 2 is 2.07 bits per heavy atom. The largest absolute Gasteiger partial charge is 0.368 e. The summed E-state index contributed by atoms with van der Waals surface area (Å²) in [5.41, 5.74) is 3.85. The smallest absolute Gasteiger partial charge is 0.170 e. The van der Waals surface area contributed by atoms with Crippen LogP contribution in [0.15, 0.2) is 55.1 Å².